The zero-order chi connectivity index (χ0) is 15.6. The first-order chi connectivity index (χ1) is 9.79. The van der Waals surface area contributed by atoms with Crippen LogP contribution in [0.2, 0.25) is 0 Å². The van der Waals surface area contributed by atoms with Gasteiger partial charge in [-0.2, -0.15) is 0 Å². The molecule has 0 aliphatic rings. The lowest BCUT2D eigenvalue weighted by Crippen LogP contribution is -2.13. The van der Waals surface area contributed by atoms with Gasteiger partial charge in [0.25, 0.3) is 10.0 Å². The standard InChI is InChI=1S/C15H15Br2NO2S/c1-10(2)11-3-6-13(7-4-11)21(19,20)18-15-8-5-12(16)9-14(15)17/h3-10,18H,1-2H3. The summed E-state index contributed by atoms with van der Waals surface area (Å²) in [5.74, 6) is 0.371. The van der Waals surface area contributed by atoms with Gasteiger partial charge in [0, 0.05) is 8.95 Å². The molecule has 21 heavy (non-hydrogen) atoms. The number of hydrogen-bond donors (Lipinski definition) is 1. The number of sulfonamides is 1. The Morgan fingerprint density at radius 3 is 2.14 bits per heavy atom. The molecule has 2 rings (SSSR count). The Balaban J connectivity index is 2.29. The van der Waals surface area contributed by atoms with Crippen molar-refractivity contribution >= 4 is 47.6 Å². The smallest absolute Gasteiger partial charge is 0.261 e. The lowest BCUT2D eigenvalue weighted by atomic mass is 10.0. The highest BCUT2D eigenvalue weighted by atomic mass is 79.9. The molecule has 0 radical (unpaired) electrons. The van der Waals surface area contributed by atoms with Crippen LogP contribution in [0.25, 0.3) is 0 Å². The Hall–Kier alpha value is -0.850. The van der Waals surface area contributed by atoms with Crippen LogP contribution in [0, 0.1) is 0 Å². The molecule has 112 valence electrons. The molecule has 0 aliphatic heterocycles. The van der Waals surface area contributed by atoms with E-state index in [9.17, 15) is 8.42 Å². The van der Waals surface area contributed by atoms with E-state index in [0.717, 1.165) is 10.0 Å². The van der Waals surface area contributed by atoms with Crippen LogP contribution in [0.1, 0.15) is 25.3 Å². The average molecular weight is 433 g/mol. The van der Waals surface area contributed by atoms with Crippen molar-refractivity contribution < 1.29 is 8.42 Å². The van der Waals surface area contributed by atoms with Gasteiger partial charge in [-0.1, -0.05) is 41.9 Å². The van der Waals surface area contributed by atoms with Gasteiger partial charge in [-0.3, -0.25) is 4.72 Å². The van der Waals surface area contributed by atoms with Gasteiger partial charge in [0.2, 0.25) is 0 Å². The molecule has 0 aliphatic carbocycles. The number of halogens is 2. The summed E-state index contributed by atoms with van der Waals surface area (Å²) in [6.45, 7) is 4.14. The molecule has 0 aromatic heterocycles. The predicted molar refractivity (Wildman–Crippen MR) is 93.2 cm³/mol. The van der Waals surface area contributed by atoms with Crippen LogP contribution < -0.4 is 4.72 Å². The molecule has 2 aromatic carbocycles. The molecule has 0 amide bonds. The fourth-order valence-corrected chi connectivity index (χ4v) is 4.16. The predicted octanol–water partition coefficient (Wildman–Crippen LogP) is 5.14. The van der Waals surface area contributed by atoms with E-state index in [1.54, 1.807) is 30.3 Å². The molecular weight excluding hydrogens is 418 g/mol. The SMILES string of the molecule is CC(C)c1ccc(S(=O)(=O)Nc2ccc(Br)cc2Br)cc1. The minimum absolute atomic E-state index is 0.252. The molecule has 2 aromatic rings. The van der Waals surface area contributed by atoms with Gasteiger partial charge < -0.3 is 0 Å². The van der Waals surface area contributed by atoms with Crippen molar-refractivity contribution in [1.82, 2.24) is 0 Å². The Morgan fingerprint density at radius 2 is 1.62 bits per heavy atom. The molecule has 0 saturated heterocycles. The Labute approximate surface area is 142 Å². The van der Waals surface area contributed by atoms with Crippen molar-refractivity contribution in [2.75, 3.05) is 4.72 Å². The zero-order valence-corrected chi connectivity index (χ0v) is 15.6. The van der Waals surface area contributed by atoms with E-state index in [2.05, 4.69) is 50.4 Å². The lowest BCUT2D eigenvalue weighted by molar-refractivity contribution is 0.601. The van der Waals surface area contributed by atoms with Crippen LogP contribution in [0.15, 0.2) is 56.3 Å². The van der Waals surface area contributed by atoms with E-state index in [0.29, 0.717) is 16.1 Å². The van der Waals surface area contributed by atoms with Crippen LogP contribution in [-0.2, 0) is 10.0 Å². The minimum Gasteiger partial charge on any atom is -0.278 e. The van der Waals surface area contributed by atoms with Crippen molar-refractivity contribution in [3.8, 4) is 0 Å². The monoisotopic (exact) mass is 431 g/mol. The second-order valence-electron chi connectivity index (χ2n) is 4.95. The number of nitrogens with one attached hydrogen (secondary N) is 1. The molecule has 1 N–H and O–H groups in total. The van der Waals surface area contributed by atoms with E-state index >= 15 is 0 Å². The first-order valence-electron chi connectivity index (χ1n) is 6.37. The van der Waals surface area contributed by atoms with Gasteiger partial charge in [0.05, 0.1) is 10.6 Å². The van der Waals surface area contributed by atoms with E-state index in [4.69, 9.17) is 0 Å². The molecule has 0 bridgehead atoms. The third-order valence-corrected chi connectivity index (χ3v) is 5.56. The molecular formula is C15H15Br2NO2S. The summed E-state index contributed by atoms with van der Waals surface area (Å²) in [4.78, 5) is 0.252. The van der Waals surface area contributed by atoms with Crippen molar-refractivity contribution in [2.45, 2.75) is 24.7 Å². The molecule has 6 heteroatoms. The fraction of sp³-hybridized carbons (Fsp3) is 0.200. The summed E-state index contributed by atoms with van der Waals surface area (Å²) in [6, 6.07) is 12.2. The Kier molecular flexibility index (Phi) is 5.11. The highest BCUT2D eigenvalue weighted by Crippen LogP contribution is 2.28. The summed E-state index contributed by atoms with van der Waals surface area (Å²) in [7, 11) is -3.59. The topological polar surface area (TPSA) is 46.2 Å². The largest absolute Gasteiger partial charge is 0.278 e. The normalized spacial score (nSPS) is 11.7. The van der Waals surface area contributed by atoms with E-state index < -0.39 is 10.0 Å². The second-order valence-corrected chi connectivity index (χ2v) is 8.41. The first-order valence-corrected chi connectivity index (χ1v) is 9.44. The number of rotatable bonds is 4. The van der Waals surface area contributed by atoms with Crippen LogP contribution >= 0.6 is 31.9 Å². The van der Waals surface area contributed by atoms with E-state index in [-0.39, 0.29) is 4.90 Å². The second kappa shape index (κ2) is 6.50. The summed E-state index contributed by atoms with van der Waals surface area (Å²) in [5.41, 5.74) is 1.62. The molecule has 0 unspecified atom stereocenters. The highest BCUT2D eigenvalue weighted by Gasteiger charge is 2.16. The van der Waals surface area contributed by atoms with Crippen molar-refractivity contribution in [1.29, 1.82) is 0 Å². The van der Waals surface area contributed by atoms with E-state index in [1.807, 2.05) is 12.1 Å². The summed E-state index contributed by atoms with van der Waals surface area (Å²) in [6.07, 6.45) is 0. The van der Waals surface area contributed by atoms with Crippen LogP contribution in [0.4, 0.5) is 5.69 Å². The fourth-order valence-electron chi connectivity index (χ4n) is 1.81. The maximum atomic E-state index is 12.4. The molecule has 0 spiro atoms. The van der Waals surface area contributed by atoms with Crippen molar-refractivity contribution in [3.05, 3.63) is 57.0 Å². The zero-order valence-electron chi connectivity index (χ0n) is 11.6. The van der Waals surface area contributed by atoms with Gasteiger partial charge in [0.1, 0.15) is 0 Å². The maximum Gasteiger partial charge on any atom is 0.261 e. The summed E-state index contributed by atoms with van der Waals surface area (Å²) in [5, 5.41) is 0. The van der Waals surface area contributed by atoms with Gasteiger partial charge in [-0.25, -0.2) is 8.42 Å². The number of hydrogen-bond acceptors (Lipinski definition) is 2. The van der Waals surface area contributed by atoms with Crippen LogP contribution in [0.5, 0.6) is 0 Å². The van der Waals surface area contributed by atoms with Gasteiger partial charge >= 0.3 is 0 Å². The third kappa shape index (κ3) is 4.08. The van der Waals surface area contributed by atoms with Gasteiger partial charge in [-0.05, 0) is 57.7 Å². The van der Waals surface area contributed by atoms with Gasteiger partial charge in [0.15, 0.2) is 0 Å². The van der Waals surface area contributed by atoms with Crippen molar-refractivity contribution in [2.24, 2.45) is 0 Å². The molecule has 3 nitrogen and oxygen atoms in total. The summed E-state index contributed by atoms with van der Waals surface area (Å²) < 4.78 is 28.9. The number of anilines is 1. The molecule has 0 heterocycles. The molecule has 0 saturated carbocycles. The molecule has 0 fully saturated rings. The molecule has 0 atom stereocenters. The minimum atomic E-state index is -3.59. The quantitative estimate of drug-likeness (QED) is 0.727. The lowest BCUT2D eigenvalue weighted by Gasteiger charge is -2.11. The van der Waals surface area contributed by atoms with Crippen LogP contribution in [-0.4, -0.2) is 8.42 Å². The summed E-state index contributed by atoms with van der Waals surface area (Å²) >= 11 is 6.68. The Morgan fingerprint density at radius 1 is 1.00 bits per heavy atom. The highest BCUT2D eigenvalue weighted by molar-refractivity contribution is 9.11. The van der Waals surface area contributed by atoms with Crippen LogP contribution in [0.3, 0.4) is 0 Å². The first kappa shape index (κ1) is 16.5. The maximum absolute atomic E-state index is 12.4. The average Bonchev–Trinajstić information content (AvgIpc) is 2.42. The van der Waals surface area contributed by atoms with E-state index in [1.165, 1.54) is 0 Å². The number of benzene rings is 2. The Bertz CT molecular complexity index is 741. The third-order valence-electron chi connectivity index (χ3n) is 3.03. The van der Waals surface area contributed by atoms with Gasteiger partial charge in [-0.15, -0.1) is 0 Å². The van der Waals surface area contributed by atoms with Crippen molar-refractivity contribution in [3.63, 3.8) is 0 Å².